The van der Waals surface area contributed by atoms with Gasteiger partial charge in [-0.05, 0) is 49.2 Å². The molecule has 2 aromatic carbocycles. The third-order valence-electron chi connectivity index (χ3n) is 4.71. The van der Waals surface area contributed by atoms with Crippen molar-refractivity contribution in [3.8, 4) is 11.4 Å². The maximum atomic E-state index is 14.2. The first-order valence-corrected chi connectivity index (χ1v) is 10.3. The molecular formula is C23H20ClF3N2O4. The van der Waals surface area contributed by atoms with Crippen LogP contribution in [0.15, 0.2) is 47.3 Å². The number of ether oxygens (including phenoxy) is 2. The number of rotatable bonds is 7. The van der Waals surface area contributed by atoms with E-state index in [-0.39, 0.29) is 36.2 Å². The van der Waals surface area contributed by atoms with Gasteiger partial charge in [0.2, 0.25) is 0 Å². The molecule has 0 saturated heterocycles. The zero-order valence-corrected chi connectivity index (χ0v) is 18.5. The molecule has 0 radical (unpaired) electrons. The summed E-state index contributed by atoms with van der Waals surface area (Å²) in [7, 11) is 0. The summed E-state index contributed by atoms with van der Waals surface area (Å²) in [5.41, 5.74) is -0.270. The Kier molecular flexibility index (Phi) is 7.65. The van der Waals surface area contributed by atoms with Crippen LogP contribution in [0.3, 0.4) is 0 Å². The number of carbonyl (C=O) groups excluding carboxylic acids is 1. The number of hydrogen-bond acceptors (Lipinski definition) is 4. The predicted octanol–water partition coefficient (Wildman–Crippen LogP) is 5.04. The van der Waals surface area contributed by atoms with Gasteiger partial charge in [0.05, 0.1) is 6.61 Å². The number of halogens is 4. The van der Waals surface area contributed by atoms with E-state index < -0.39 is 34.8 Å². The van der Waals surface area contributed by atoms with E-state index in [4.69, 9.17) is 21.1 Å². The van der Waals surface area contributed by atoms with Crippen LogP contribution in [-0.4, -0.2) is 17.3 Å². The van der Waals surface area contributed by atoms with Gasteiger partial charge >= 0.3 is 6.09 Å². The molecule has 0 aliphatic rings. The molecule has 0 spiro atoms. The Morgan fingerprint density at radius 1 is 1.09 bits per heavy atom. The van der Waals surface area contributed by atoms with Crippen LogP contribution in [0, 0.1) is 24.4 Å². The fourth-order valence-electron chi connectivity index (χ4n) is 3.17. The number of nitrogens with zero attached hydrogens (tertiary/aromatic N) is 1. The lowest BCUT2D eigenvalue weighted by molar-refractivity contribution is 0.151. The number of pyridine rings is 1. The maximum absolute atomic E-state index is 14.2. The van der Waals surface area contributed by atoms with Gasteiger partial charge in [0.1, 0.15) is 40.5 Å². The van der Waals surface area contributed by atoms with Gasteiger partial charge in [-0.15, -0.1) is 0 Å². The molecule has 0 aliphatic heterocycles. The Hall–Kier alpha value is -3.46. The average molecular weight is 481 g/mol. The zero-order valence-electron chi connectivity index (χ0n) is 17.8. The van der Waals surface area contributed by atoms with E-state index in [2.05, 4.69) is 5.32 Å². The fraction of sp³-hybridized carbons (Fsp3) is 0.217. The van der Waals surface area contributed by atoms with Crippen molar-refractivity contribution in [2.75, 3.05) is 6.61 Å². The number of benzene rings is 2. The van der Waals surface area contributed by atoms with Gasteiger partial charge in [-0.2, -0.15) is 0 Å². The van der Waals surface area contributed by atoms with Crippen LogP contribution in [0.1, 0.15) is 23.7 Å². The summed E-state index contributed by atoms with van der Waals surface area (Å²) in [6.45, 7) is 3.18. The second-order valence-corrected chi connectivity index (χ2v) is 7.33. The summed E-state index contributed by atoms with van der Waals surface area (Å²) >= 11 is 6.16. The largest absolute Gasteiger partial charge is 0.487 e. The average Bonchev–Trinajstić information content (AvgIpc) is 2.77. The summed E-state index contributed by atoms with van der Waals surface area (Å²) in [4.78, 5) is 24.3. The van der Waals surface area contributed by atoms with E-state index in [0.717, 1.165) is 16.7 Å². The molecule has 6 nitrogen and oxygen atoms in total. The molecule has 1 heterocycles. The molecule has 0 atom stereocenters. The van der Waals surface area contributed by atoms with Gasteiger partial charge in [0, 0.05) is 18.3 Å². The van der Waals surface area contributed by atoms with Crippen molar-refractivity contribution < 1.29 is 27.4 Å². The molecule has 174 valence electrons. The minimum atomic E-state index is -0.921. The van der Waals surface area contributed by atoms with Crippen LogP contribution in [0.2, 0.25) is 5.02 Å². The van der Waals surface area contributed by atoms with E-state index >= 15 is 0 Å². The van der Waals surface area contributed by atoms with Gasteiger partial charge in [-0.1, -0.05) is 23.7 Å². The van der Waals surface area contributed by atoms with E-state index in [9.17, 15) is 22.8 Å². The second kappa shape index (κ2) is 10.4. The van der Waals surface area contributed by atoms with Gasteiger partial charge in [-0.25, -0.2) is 18.0 Å². The van der Waals surface area contributed by atoms with Crippen molar-refractivity contribution in [2.24, 2.45) is 0 Å². The number of alkyl carbamates (subject to hydrolysis) is 1. The highest BCUT2D eigenvalue weighted by Gasteiger charge is 2.19. The monoisotopic (exact) mass is 480 g/mol. The van der Waals surface area contributed by atoms with Crippen molar-refractivity contribution in [3.05, 3.63) is 92.1 Å². The quantitative estimate of drug-likeness (QED) is 0.514. The third kappa shape index (κ3) is 5.48. The minimum Gasteiger partial charge on any atom is -0.487 e. The van der Waals surface area contributed by atoms with Crippen LogP contribution in [0.5, 0.6) is 5.75 Å². The lowest BCUT2D eigenvalue weighted by atomic mass is 10.1. The van der Waals surface area contributed by atoms with Crippen LogP contribution < -0.4 is 15.6 Å². The zero-order chi connectivity index (χ0) is 24.1. The molecule has 0 fully saturated rings. The SMILES string of the molecule is CCOC(=O)NCc1cc(F)ccc1COc1cc(C)n(-c2c(F)cccc2F)c(=O)c1Cl. The van der Waals surface area contributed by atoms with Crippen LogP contribution in [0.4, 0.5) is 18.0 Å². The standard InChI is InChI=1S/C23H20ClF3N2O4/c1-3-32-23(31)28-11-15-10-16(25)8-7-14(15)12-33-19-9-13(2)29(22(30)20(19)24)21-17(26)5-4-6-18(21)27/h4-10H,3,11-12H2,1-2H3,(H,28,31). The van der Waals surface area contributed by atoms with Gasteiger partial charge in [0.15, 0.2) is 0 Å². The summed E-state index contributed by atoms with van der Waals surface area (Å²) in [5, 5.41) is 2.12. The van der Waals surface area contributed by atoms with E-state index in [1.54, 1.807) is 6.92 Å². The third-order valence-corrected chi connectivity index (χ3v) is 5.06. The van der Waals surface area contributed by atoms with E-state index in [0.29, 0.717) is 11.1 Å². The molecular weight excluding hydrogens is 461 g/mol. The number of aryl methyl sites for hydroxylation is 1. The van der Waals surface area contributed by atoms with Gasteiger partial charge in [0.25, 0.3) is 5.56 Å². The second-order valence-electron chi connectivity index (χ2n) is 6.95. The first-order chi connectivity index (χ1) is 15.7. The lowest BCUT2D eigenvalue weighted by Crippen LogP contribution is -2.25. The Morgan fingerprint density at radius 3 is 2.45 bits per heavy atom. The van der Waals surface area contributed by atoms with Gasteiger partial charge < -0.3 is 14.8 Å². The minimum absolute atomic E-state index is 0.0132. The van der Waals surface area contributed by atoms with Crippen molar-refractivity contribution in [1.82, 2.24) is 9.88 Å². The molecule has 33 heavy (non-hydrogen) atoms. The molecule has 3 aromatic rings. The normalized spacial score (nSPS) is 10.7. The topological polar surface area (TPSA) is 69.6 Å². The maximum Gasteiger partial charge on any atom is 0.407 e. The molecule has 0 bridgehead atoms. The molecule has 0 unspecified atom stereocenters. The molecule has 1 aromatic heterocycles. The molecule has 0 aliphatic carbocycles. The van der Waals surface area contributed by atoms with Crippen molar-refractivity contribution in [1.29, 1.82) is 0 Å². The van der Waals surface area contributed by atoms with Crippen molar-refractivity contribution in [3.63, 3.8) is 0 Å². The predicted molar refractivity (Wildman–Crippen MR) is 116 cm³/mol. The van der Waals surface area contributed by atoms with Crippen LogP contribution >= 0.6 is 11.6 Å². The number of nitrogens with one attached hydrogen (secondary N) is 1. The highest BCUT2D eigenvalue weighted by molar-refractivity contribution is 6.31. The highest BCUT2D eigenvalue weighted by Crippen LogP contribution is 2.26. The molecule has 10 heteroatoms. The number of amides is 1. The summed E-state index contributed by atoms with van der Waals surface area (Å²) in [6.07, 6.45) is -0.656. The van der Waals surface area contributed by atoms with Crippen LogP contribution in [0.25, 0.3) is 5.69 Å². The number of hydrogen-bond donors (Lipinski definition) is 1. The molecule has 1 amide bonds. The van der Waals surface area contributed by atoms with Crippen molar-refractivity contribution in [2.45, 2.75) is 27.0 Å². The first kappa shape index (κ1) is 24.2. The smallest absolute Gasteiger partial charge is 0.407 e. The Labute approximate surface area is 192 Å². The highest BCUT2D eigenvalue weighted by atomic mass is 35.5. The molecule has 1 N–H and O–H groups in total. The van der Waals surface area contributed by atoms with E-state index in [1.807, 2.05) is 0 Å². The number of aromatic nitrogens is 1. The summed E-state index contributed by atoms with van der Waals surface area (Å²) in [6, 6.07) is 8.54. The summed E-state index contributed by atoms with van der Waals surface area (Å²) in [5.74, 6) is -2.37. The summed E-state index contributed by atoms with van der Waals surface area (Å²) < 4.78 is 53.4. The fourth-order valence-corrected chi connectivity index (χ4v) is 3.37. The Bertz CT molecular complexity index is 1230. The Balaban J connectivity index is 1.87. The molecule has 3 rings (SSSR count). The van der Waals surface area contributed by atoms with Gasteiger partial charge in [-0.3, -0.25) is 9.36 Å². The number of para-hydroxylation sites is 1. The van der Waals surface area contributed by atoms with Crippen molar-refractivity contribution >= 4 is 17.7 Å². The van der Waals surface area contributed by atoms with Crippen LogP contribution in [-0.2, 0) is 17.9 Å². The lowest BCUT2D eigenvalue weighted by Gasteiger charge is -2.16. The first-order valence-electron chi connectivity index (χ1n) is 9.90. The molecule has 0 saturated carbocycles. The number of carbonyl (C=O) groups is 1. The Morgan fingerprint density at radius 2 is 1.79 bits per heavy atom. The van der Waals surface area contributed by atoms with E-state index in [1.165, 1.54) is 37.3 Å².